The number of aryl methyl sites for hydroxylation is 1. The van der Waals surface area contributed by atoms with Crippen LogP contribution in [0.15, 0.2) is 28.7 Å². The molecule has 2 rings (SSSR count). The molecule has 0 unspecified atom stereocenters. The molecule has 0 aliphatic heterocycles. The molecule has 0 bridgehead atoms. The molecule has 0 saturated heterocycles. The quantitative estimate of drug-likeness (QED) is 0.663. The van der Waals surface area contributed by atoms with Crippen molar-refractivity contribution in [1.29, 1.82) is 0 Å². The van der Waals surface area contributed by atoms with Crippen molar-refractivity contribution in [3.8, 4) is 11.8 Å². The number of hydrogen-bond acceptors (Lipinski definition) is 2. The number of carboxylic acid groups (broad SMARTS) is 1. The first-order valence-corrected chi connectivity index (χ1v) is 4.41. The van der Waals surface area contributed by atoms with E-state index in [9.17, 15) is 4.79 Å². The van der Waals surface area contributed by atoms with Crippen LogP contribution in [0.4, 0.5) is 0 Å². The third kappa shape index (κ3) is 1.84. The molecule has 1 N–H and O–H groups in total. The molecule has 74 valence electrons. The van der Waals surface area contributed by atoms with Crippen molar-refractivity contribution in [2.24, 2.45) is 0 Å². The van der Waals surface area contributed by atoms with Gasteiger partial charge in [0.1, 0.15) is 5.58 Å². The Labute approximate surface area is 86.3 Å². The monoisotopic (exact) mass is 200 g/mol. The molecule has 0 saturated carbocycles. The minimum atomic E-state index is -1.16. The first-order valence-electron chi connectivity index (χ1n) is 4.41. The molecule has 0 radical (unpaired) electrons. The minimum absolute atomic E-state index is 0.377. The van der Waals surface area contributed by atoms with Crippen LogP contribution in [0.5, 0.6) is 0 Å². The topological polar surface area (TPSA) is 50.4 Å². The number of rotatable bonds is 0. The van der Waals surface area contributed by atoms with Gasteiger partial charge in [-0.15, -0.1) is 0 Å². The van der Waals surface area contributed by atoms with Crippen LogP contribution in [0.3, 0.4) is 0 Å². The molecule has 0 fully saturated rings. The summed E-state index contributed by atoms with van der Waals surface area (Å²) in [6.45, 7) is 1.93. The van der Waals surface area contributed by atoms with Gasteiger partial charge in [-0.2, -0.15) is 0 Å². The van der Waals surface area contributed by atoms with Crippen molar-refractivity contribution in [2.75, 3.05) is 0 Å². The predicted molar refractivity (Wildman–Crippen MR) is 55.5 cm³/mol. The average molecular weight is 200 g/mol. The van der Waals surface area contributed by atoms with Crippen molar-refractivity contribution in [3.63, 3.8) is 0 Å². The average Bonchev–Trinajstić information content (AvgIpc) is 2.59. The number of aliphatic carboxylic acids is 1. The highest BCUT2D eigenvalue weighted by atomic mass is 16.4. The maximum absolute atomic E-state index is 10.2. The van der Waals surface area contributed by atoms with Crippen LogP contribution in [0.1, 0.15) is 11.3 Å². The molecule has 1 aromatic carbocycles. The van der Waals surface area contributed by atoms with Gasteiger partial charge in [0.05, 0.1) is 0 Å². The summed E-state index contributed by atoms with van der Waals surface area (Å²) >= 11 is 0. The zero-order valence-electron chi connectivity index (χ0n) is 8.07. The van der Waals surface area contributed by atoms with E-state index in [2.05, 4.69) is 5.92 Å². The van der Waals surface area contributed by atoms with Crippen LogP contribution in [-0.4, -0.2) is 11.1 Å². The lowest BCUT2D eigenvalue weighted by molar-refractivity contribution is -0.130. The fourth-order valence-electron chi connectivity index (χ4n) is 1.39. The second kappa shape index (κ2) is 3.50. The van der Waals surface area contributed by atoms with Gasteiger partial charge in [-0.05, 0) is 18.4 Å². The summed E-state index contributed by atoms with van der Waals surface area (Å²) in [5.74, 6) is 3.68. The standard InChI is InChI=1S/C12H8O3/c1-8-3-2-4-9-7-10(15-12(8)9)5-6-11(13)14/h2-4,7H,1H3,(H,13,14). The van der Waals surface area contributed by atoms with Crippen LogP contribution < -0.4 is 0 Å². The van der Waals surface area contributed by atoms with Gasteiger partial charge in [0.25, 0.3) is 0 Å². The lowest BCUT2D eigenvalue weighted by atomic mass is 10.2. The first-order chi connectivity index (χ1) is 7.16. The summed E-state index contributed by atoms with van der Waals surface area (Å²) < 4.78 is 5.41. The molecule has 0 spiro atoms. The molecule has 2 aromatic rings. The van der Waals surface area contributed by atoms with Crippen molar-refractivity contribution in [1.82, 2.24) is 0 Å². The molecule has 0 amide bonds. The number of para-hydroxylation sites is 1. The van der Waals surface area contributed by atoms with E-state index >= 15 is 0 Å². The number of fused-ring (bicyclic) bond motifs is 1. The van der Waals surface area contributed by atoms with Crippen molar-refractivity contribution in [3.05, 3.63) is 35.6 Å². The molecule has 1 aromatic heterocycles. The predicted octanol–water partition coefficient (Wildman–Crippen LogP) is 2.18. The zero-order chi connectivity index (χ0) is 10.8. The van der Waals surface area contributed by atoms with Crippen LogP contribution in [0.25, 0.3) is 11.0 Å². The van der Waals surface area contributed by atoms with Gasteiger partial charge >= 0.3 is 5.97 Å². The Morgan fingerprint density at radius 3 is 2.93 bits per heavy atom. The Hall–Kier alpha value is -2.21. The largest absolute Gasteiger partial charge is 0.472 e. The molecule has 3 nitrogen and oxygen atoms in total. The highest BCUT2D eigenvalue weighted by Crippen LogP contribution is 2.21. The van der Waals surface area contributed by atoms with Gasteiger partial charge in [-0.1, -0.05) is 18.2 Å². The van der Waals surface area contributed by atoms with E-state index < -0.39 is 5.97 Å². The molecular formula is C12H8O3. The fourth-order valence-corrected chi connectivity index (χ4v) is 1.39. The summed E-state index contributed by atoms with van der Waals surface area (Å²) in [6, 6.07) is 7.48. The normalized spacial score (nSPS) is 9.67. The summed E-state index contributed by atoms with van der Waals surface area (Å²) in [4.78, 5) is 10.2. The lowest BCUT2D eigenvalue weighted by Crippen LogP contribution is -1.86. The van der Waals surface area contributed by atoms with Crippen LogP contribution in [-0.2, 0) is 4.79 Å². The fraction of sp³-hybridized carbons (Fsp3) is 0.0833. The Morgan fingerprint density at radius 1 is 1.47 bits per heavy atom. The van der Waals surface area contributed by atoms with Gasteiger partial charge < -0.3 is 9.52 Å². The van der Waals surface area contributed by atoms with Crippen LogP contribution in [0.2, 0.25) is 0 Å². The van der Waals surface area contributed by atoms with E-state index in [1.807, 2.05) is 31.0 Å². The SMILES string of the molecule is Cc1cccc2cc(C#CC(=O)O)oc12. The minimum Gasteiger partial charge on any atom is -0.472 e. The zero-order valence-corrected chi connectivity index (χ0v) is 8.07. The third-order valence-corrected chi connectivity index (χ3v) is 2.03. The van der Waals surface area contributed by atoms with Gasteiger partial charge in [-0.3, -0.25) is 0 Å². The Balaban J connectivity index is 2.54. The van der Waals surface area contributed by atoms with E-state index in [0.717, 1.165) is 16.5 Å². The summed E-state index contributed by atoms with van der Waals surface area (Å²) in [5, 5.41) is 9.32. The van der Waals surface area contributed by atoms with Gasteiger partial charge in [0.15, 0.2) is 5.76 Å². The van der Waals surface area contributed by atoms with E-state index in [0.29, 0.717) is 5.76 Å². The molecule has 15 heavy (non-hydrogen) atoms. The van der Waals surface area contributed by atoms with E-state index in [1.54, 1.807) is 6.07 Å². The van der Waals surface area contributed by atoms with Gasteiger partial charge in [-0.25, -0.2) is 4.79 Å². The molecule has 0 atom stereocenters. The van der Waals surface area contributed by atoms with Crippen molar-refractivity contribution in [2.45, 2.75) is 6.92 Å². The third-order valence-electron chi connectivity index (χ3n) is 2.03. The highest BCUT2D eigenvalue weighted by molar-refractivity contribution is 5.88. The van der Waals surface area contributed by atoms with E-state index in [4.69, 9.17) is 9.52 Å². The van der Waals surface area contributed by atoms with Crippen LogP contribution in [0, 0.1) is 18.8 Å². The lowest BCUT2D eigenvalue weighted by Gasteiger charge is -1.90. The second-order valence-corrected chi connectivity index (χ2v) is 3.16. The maximum atomic E-state index is 10.2. The smallest absolute Gasteiger partial charge is 0.382 e. The molecular weight excluding hydrogens is 192 g/mol. The van der Waals surface area contributed by atoms with Gasteiger partial charge in [0.2, 0.25) is 0 Å². The molecule has 1 heterocycles. The summed E-state index contributed by atoms with van der Waals surface area (Å²) in [5.41, 5.74) is 1.77. The number of carbonyl (C=O) groups is 1. The molecule has 3 heteroatoms. The summed E-state index contributed by atoms with van der Waals surface area (Å²) in [6.07, 6.45) is 0. The van der Waals surface area contributed by atoms with Crippen LogP contribution >= 0.6 is 0 Å². The number of hydrogen-bond donors (Lipinski definition) is 1. The number of benzene rings is 1. The Kier molecular flexibility index (Phi) is 2.18. The second-order valence-electron chi connectivity index (χ2n) is 3.16. The molecule has 0 aliphatic carbocycles. The maximum Gasteiger partial charge on any atom is 0.382 e. The van der Waals surface area contributed by atoms with E-state index in [1.165, 1.54) is 0 Å². The first kappa shape index (κ1) is 9.35. The van der Waals surface area contributed by atoms with Crippen molar-refractivity contribution >= 4 is 16.9 Å². The Morgan fingerprint density at radius 2 is 2.27 bits per heavy atom. The van der Waals surface area contributed by atoms with Gasteiger partial charge in [0, 0.05) is 17.4 Å². The number of furan rings is 1. The van der Waals surface area contributed by atoms with E-state index in [-0.39, 0.29) is 0 Å². The summed E-state index contributed by atoms with van der Waals surface area (Å²) in [7, 11) is 0. The van der Waals surface area contributed by atoms with Crippen molar-refractivity contribution < 1.29 is 14.3 Å². The molecule has 0 aliphatic rings. The highest BCUT2D eigenvalue weighted by Gasteiger charge is 2.03. The number of carboxylic acids is 1. The Bertz CT molecular complexity index is 582.